The zero-order valence-corrected chi connectivity index (χ0v) is 12.3. The van der Waals surface area contributed by atoms with Gasteiger partial charge in [0.15, 0.2) is 0 Å². The summed E-state index contributed by atoms with van der Waals surface area (Å²) in [6.45, 7) is 6.60. The first-order valence-corrected chi connectivity index (χ1v) is 7.71. The highest BCUT2D eigenvalue weighted by molar-refractivity contribution is 5.19. The standard InChI is InChI=1S/C17H27NO/c1-3-11-18-17(15-8-5-4-6-9-15)14(2)13-16-10-7-12-19-16/h4-6,8-9,14,16-18H,3,7,10-13H2,1-2H3. The first kappa shape index (κ1) is 14.5. The lowest BCUT2D eigenvalue weighted by Crippen LogP contribution is -2.29. The molecule has 3 unspecified atom stereocenters. The molecule has 1 saturated heterocycles. The number of ether oxygens (including phenoxy) is 1. The lowest BCUT2D eigenvalue weighted by molar-refractivity contribution is 0.0857. The Balaban J connectivity index is 1.99. The van der Waals surface area contributed by atoms with Gasteiger partial charge >= 0.3 is 0 Å². The molecule has 1 N–H and O–H groups in total. The molecule has 0 aliphatic carbocycles. The third-order valence-corrected chi connectivity index (χ3v) is 4.00. The third-order valence-electron chi connectivity index (χ3n) is 4.00. The van der Waals surface area contributed by atoms with Crippen molar-refractivity contribution >= 4 is 0 Å². The summed E-state index contributed by atoms with van der Waals surface area (Å²) in [4.78, 5) is 0. The van der Waals surface area contributed by atoms with E-state index >= 15 is 0 Å². The smallest absolute Gasteiger partial charge is 0.0579 e. The van der Waals surface area contributed by atoms with Gasteiger partial charge in [-0.15, -0.1) is 0 Å². The molecule has 19 heavy (non-hydrogen) atoms. The largest absolute Gasteiger partial charge is 0.378 e. The first-order valence-electron chi connectivity index (χ1n) is 7.71. The highest BCUT2D eigenvalue weighted by atomic mass is 16.5. The van der Waals surface area contributed by atoms with Gasteiger partial charge in [0.1, 0.15) is 0 Å². The fourth-order valence-corrected chi connectivity index (χ4v) is 2.99. The van der Waals surface area contributed by atoms with Crippen molar-refractivity contribution in [3.63, 3.8) is 0 Å². The van der Waals surface area contributed by atoms with Crippen LogP contribution in [0.5, 0.6) is 0 Å². The van der Waals surface area contributed by atoms with Crippen molar-refractivity contribution in [1.29, 1.82) is 0 Å². The van der Waals surface area contributed by atoms with E-state index in [0.29, 0.717) is 18.1 Å². The molecule has 0 radical (unpaired) electrons. The van der Waals surface area contributed by atoms with E-state index in [1.807, 2.05) is 0 Å². The minimum absolute atomic E-state index is 0.449. The van der Waals surface area contributed by atoms with Gasteiger partial charge in [0.05, 0.1) is 6.10 Å². The topological polar surface area (TPSA) is 21.3 Å². The van der Waals surface area contributed by atoms with Crippen molar-refractivity contribution in [2.24, 2.45) is 5.92 Å². The molecule has 0 aromatic heterocycles. The summed E-state index contributed by atoms with van der Waals surface area (Å²) in [5.41, 5.74) is 1.40. The van der Waals surface area contributed by atoms with Crippen molar-refractivity contribution in [2.75, 3.05) is 13.2 Å². The number of rotatable bonds is 7. The van der Waals surface area contributed by atoms with Crippen LogP contribution >= 0.6 is 0 Å². The Morgan fingerprint density at radius 1 is 1.32 bits per heavy atom. The summed E-state index contributed by atoms with van der Waals surface area (Å²) >= 11 is 0. The number of nitrogens with one attached hydrogen (secondary N) is 1. The molecule has 3 atom stereocenters. The van der Waals surface area contributed by atoms with Gasteiger partial charge in [0, 0.05) is 12.6 Å². The van der Waals surface area contributed by atoms with Crippen LogP contribution in [-0.2, 0) is 4.74 Å². The molecule has 0 bridgehead atoms. The summed E-state index contributed by atoms with van der Waals surface area (Å²) in [7, 11) is 0. The second-order valence-corrected chi connectivity index (χ2v) is 5.69. The van der Waals surface area contributed by atoms with Gasteiger partial charge in [-0.25, -0.2) is 0 Å². The van der Waals surface area contributed by atoms with Crippen LogP contribution in [-0.4, -0.2) is 19.3 Å². The first-order chi connectivity index (χ1) is 9.31. The molecule has 2 nitrogen and oxygen atoms in total. The Morgan fingerprint density at radius 3 is 2.74 bits per heavy atom. The van der Waals surface area contributed by atoms with E-state index in [4.69, 9.17) is 4.74 Å². The summed E-state index contributed by atoms with van der Waals surface area (Å²) in [5.74, 6) is 0.608. The maximum atomic E-state index is 5.79. The van der Waals surface area contributed by atoms with E-state index in [2.05, 4.69) is 49.5 Å². The molecular weight excluding hydrogens is 234 g/mol. The minimum atomic E-state index is 0.449. The van der Waals surface area contributed by atoms with Crippen LogP contribution in [0.25, 0.3) is 0 Å². The SMILES string of the molecule is CCCNC(c1ccccc1)C(C)CC1CCCO1. The summed E-state index contributed by atoms with van der Waals surface area (Å²) in [5, 5.41) is 3.70. The molecule has 0 saturated carbocycles. The van der Waals surface area contributed by atoms with Gasteiger partial charge in [0.25, 0.3) is 0 Å². The molecule has 1 aliphatic rings. The van der Waals surface area contributed by atoms with Gasteiger partial charge in [-0.3, -0.25) is 0 Å². The fraction of sp³-hybridized carbons (Fsp3) is 0.647. The summed E-state index contributed by atoms with van der Waals surface area (Å²) in [6.07, 6.45) is 5.28. The van der Waals surface area contributed by atoms with Gasteiger partial charge in [-0.05, 0) is 43.7 Å². The molecule has 1 heterocycles. The predicted molar refractivity (Wildman–Crippen MR) is 80.2 cm³/mol. The quantitative estimate of drug-likeness (QED) is 0.803. The van der Waals surface area contributed by atoms with Crippen LogP contribution in [0.2, 0.25) is 0 Å². The molecule has 0 spiro atoms. The van der Waals surface area contributed by atoms with E-state index < -0.39 is 0 Å². The molecule has 1 aromatic rings. The van der Waals surface area contributed by atoms with E-state index in [1.54, 1.807) is 0 Å². The second kappa shape index (κ2) is 7.66. The zero-order valence-electron chi connectivity index (χ0n) is 12.3. The highest BCUT2D eigenvalue weighted by Gasteiger charge is 2.24. The molecule has 0 amide bonds. The average Bonchev–Trinajstić information content (AvgIpc) is 2.93. The number of benzene rings is 1. The van der Waals surface area contributed by atoms with E-state index in [9.17, 15) is 0 Å². The fourth-order valence-electron chi connectivity index (χ4n) is 2.99. The molecule has 1 fully saturated rings. The van der Waals surface area contributed by atoms with Gasteiger partial charge in [-0.2, -0.15) is 0 Å². The van der Waals surface area contributed by atoms with Crippen molar-refractivity contribution < 1.29 is 4.74 Å². The molecule has 1 aromatic carbocycles. The third kappa shape index (κ3) is 4.32. The van der Waals surface area contributed by atoms with E-state index in [1.165, 1.54) is 24.8 Å². The second-order valence-electron chi connectivity index (χ2n) is 5.69. The Morgan fingerprint density at radius 2 is 2.11 bits per heavy atom. The maximum Gasteiger partial charge on any atom is 0.0579 e. The lowest BCUT2D eigenvalue weighted by Gasteiger charge is -2.27. The van der Waals surface area contributed by atoms with E-state index in [0.717, 1.165) is 19.6 Å². The Kier molecular flexibility index (Phi) is 5.87. The average molecular weight is 261 g/mol. The zero-order chi connectivity index (χ0) is 13.5. The van der Waals surface area contributed by atoms with Crippen LogP contribution in [0.15, 0.2) is 30.3 Å². The minimum Gasteiger partial charge on any atom is -0.378 e. The number of hydrogen-bond acceptors (Lipinski definition) is 2. The monoisotopic (exact) mass is 261 g/mol. The van der Waals surface area contributed by atoms with Crippen LogP contribution in [0, 0.1) is 5.92 Å². The van der Waals surface area contributed by atoms with Crippen LogP contribution in [0.1, 0.15) is 51.1 Å². The van der Waals surface area contributed by atoms with Crippen LogP contribution in [0.3, 0.4) is 0 Å². The molecule has 2 rings (SSSR count). The van der Waals surface area contributed by atoms with E-state index in [-0.39, 0.29) is 0 Å². The Hall–Kier alpha value is -0.860. The summed E-state index contributed by atoms with van der Waals surface area (Å²) < 4.78 is 5.79. The van der Waals surface area contributed by atoms with Gasteiger partial charge < -0.3 is 10.1 Å². The van der Waals surface area contributed by atoms with Crippen molar-refractivity contribution in [1.82, 2.24) is 5.32 Å². The van der Waals surface area contributed by atoms with Crippen LogP contribution < -0.4 is 5.32 Å². The Labute approximate surface area is 117 Å². The van der Waals surface area contributed by atoms with Crippen molar-refractivity contribution in [2.45, 2.75) is 51.7 Å². The predicted octanol–water partition coefficient (Wildman–Crippen LogP) is 3.93. The van der Waals surface area contributed by atoms with Gasteiger partial charge in [-0.1, -0.05) is 44.2 Å². The summed E-state index contributed by atoms with van der Waals surface area (Å²) in [6, 6.07) is 11.3. The maximum absolute atomic E-state index is 5.79. The molecule has 1 aliphatic heterocycles. The molecule has 2 heteroatoms. The van der Waals surface area contributed by atoms with Crippen molar-refractivity contribution in [3.8, 4) is 0 Å². The van der Waals surface area contributed by atoms with Gasteiger partial charge in [0.2, 0.25) is 0 Å². The Bertz CT molecular complexity index is 346. The molecular formula is C17H27NO. The number of hydrogen-bond donors (Lipinski definition) is 1. The molecule has 106 valence electrons. The normalized spacial score (nSPS) is 22.3. The van der Waals surface area contributed by atoms with Crippen molar-refractivity contribution in [3.05, 3.63) is 35.9 Å². The van der Waals surface area contributed by atoms with Crippen LogP contribution in [0.4, 0.5) is 0 Å². The lowest BCUT2D eigenvalue weighted by atomic mass is 9.89. The highest BCUT2D eigenvalue weighted by Crippen LogP contribution is 2.29.